The molecule has 374 valence electrons. The van der Waals surface area contributed by atoms with Gasteiger partial charge in [0.2, 0.25) is 12.0 Å². The second-order valence-electron chi connectivity index (χ2n) is 17.9. The second kappa shape index (κ2) is 21.9. The Bertz CT molecular complexity index is 3050. The monoisotopic (exact) mass is 1040 g/mol. The Morgan fingerprint density at radius 1 is 0.861 bits per heavy atom. The van der Waals surface area contributed by atoms with E-state index >= 15 is 0 Å². The van der Waals surface area contributed by atoms with Gasteiger partial charge in [-0.2, -0.15) is 0 Å². The van der Waals surface area contributed by atoms with Gasteiger partial charge < -0.3 is 43.2 Å². The van der Waals surface area contributed by atoms with Crippen LogP contribution in [0.1, 0.15) is 22.4 Å². The van der Waals surface area contributed by atoms with E-state index in [0.717, 1.165) is 31.7 Å². The number of carboxylic acid groups (broad SMARTS) is 1. The number of carboxylic acids is 1. The second-order valence-corrected chi connectivity index (χ2v) is 19.6. The molecule has 4 aliphatic heterocycles. The summed E-state index contributed by atoms with van der Waals surface area (Å²) in [5.74, 6) is 0.686. The van der Waals surface area contributed by atoms with Crippen LogP contribution >= 0.6 is 34.5 Å². The molecule has 1 N–H and O–H groups in total. The van der Waals surface area contributed by atoms with Crippen LogP contribution in [0.15, 0.2) is 85.3 Å². The zero-order chi connectivity index (χ0) is 49.9. The number of benzene rings is 4. The third kappa shape index (κ3) is 10.9. The summed E-state index contributed by atoms with van der Waals surface area (Å²) in [6.07, 6.45) is 0.683. The van der Waals surface area contributed by atoms with Crippen LogP contribution in [0.25, 0.3) is 43.2 Å². The molecule has 4 aliphatic rings. The average molecular weight is 1040 g/mol. The number of fused-ring (bicyclic) bond motifs is 7. The molecule has 0 amide bonds. The molecule has 4 aromatic carbocycles. The minimum absolute atomic E-state index is 0.0192. The van der Waals surface area contributed by atoms with Crippen LogP contribution in [0.4, 0.5) is 4.39 Å². The Morgan fingerprint density at radius 3 is 2.36 bits per heavy atom. The summed E-state index contributed by atoms with van der Waals surface area (Å²) in [5, 5.41) is 11.9. The molecule has 2 saturated heterocycles. The number of thiophene rings is 1. The Kier molecular flexibility index (Phi) is 15.0. The number of hydrogen-bond acceptors (Lipinski definition) is 15. The van der Waals surface area contributed by atoms with E-state index in [1.807, 2.05) is 38.1 Å². The number of hydrogen-bond donors (Lipinski definition) is 1. The number of halogens is 3. The van der Waals surface area contributed by atoms with Gasteiger partial charge in [-0.1, -0.05) is 35.3 Å². The fraction of sp³-hybridized carbons (Fsp3) is 0.340. The lowest BCUT2D eigenvalue weighted by Gasteiger charge is -2.35. The summed E-state index contributed by atoms with van der Waals surface area (Å²) in [6, 6.07) is 20.6. The minimum atomic E-state index is -1.48. The molecule has 11 rings (SSSR count). The summed E-state index contributed by atoms with van der Waals surface area (Å²) in [4.78, 5) is 37.7. The van der Waals surface area contributed by atoms with Gasteiger partial charge in [0, 0.05) is 66.9 Å². The maximum Gasteiger partial charge on any atom is 0.345 e. The van der Waals surface area contributed by atoms with Gasteiger partial charge in [-0.05, 0) is 104 Å². The quantitative estimate of drug-likeness (QED) is 0.130. The number of carbonyl (C=O) groups is 1. The molecule has 0 saturated carbocycles. The molecule has 0 radical (unpaired) electrons. The van der Waals surface area contributed by atoms with Gasteiger partial charge in [0.25, 0.3) is 0 Å². The minimum Gasteiger partial charge on any atom is -0.491 e. The lowest BCUT2D eigenvalue weighted by atomic mass is 9.92. The number of aliphatic carboxylic acids is 1. The largest absolute Gasteiger partial charge is 0.491 e. The molecule has 0 aliphatic carbocycles. The van der Waals surface area contributed by atoms with Gasteiger partial charge in [0.05, 0.1) is 40.9 Å². The molecule has 15 nitrogen and oxygen atoms in total. The molecule has 2 fully saturated rings. The lowest BCUT2D eigenvalue weighted by molar-refractivity contribution is -0.145. The van der Waals surface area contributed by atoms with Crippen molar-refractivity contribution in [2.24, 2.45) is 0 Å². The third-order valence-electron chi connectivity index (χ3n) is 12.9. The molecule has 7 heterocycles. The SMILES string of the molecule is Cc1c(Cl)c2c(Cl)c(C)c1-c1c(-c3ccc(F)cc3)sc3ncnc(c13)O[C@@H](C(=O)O)Cc1cc(ccc1OCc1ccnc(-c3ccc(OC[C@H]4COCCO4)cc3)n1)OC[C@@H](CN1CCN(C)CC1)O2. The first kappa shape index (κ1) is 49.4. The molecule has 0 spiro atoms. The fourth-order valence-electron chi connectivity index (χ4n) is 9.00. The maximum atomic E-state index is 14.4. The van der Waals surface area contributed by atoms with Crippen LogP contribution < -0.4 is 23.7 Å². The molecule has 3 atom stereocenters. The molecule has 19 heteroatoms. The Labute approximate surface area is 429 Å². The number of nitrogens with zero attached hydrogens (tertiary/aromatic N) is 6. The van der Waals surface area contributed by atoms with Crippen LogP contribution in [0, 0.1) is 19.7 Å². The van der Waals surface area contributed by atoms with Gasteiger partial charge >= 0.3 is 5.97 Å². The van der Waals surface area contributed by atoms with Gasteiger partial charge in [-0.15, -0.1) is 11.3 Å². The van der Waals surface area contributed by atoms with Crippen molar-refractivity contribution in [3.63, 3.8) is 0 Å². The lowest BCUT2D eigenvalue weighted by Crippen LogP contribution is -2.49. The van der Waals surface area contributed by atoms with Gasteiger partial charge in [0.1, 0.15) is 66.3 Å². The zero-order valence-corrected chi connectivity index (χ0v) is 42.1. The van der Waals surface area contributed by atoms with Gasteiger partial charge in [0.15, 0.2) is 11.6 Å². The Morgan fingerprint density at radius 2 is 1.62 bits per heavy atom. The smallest absolute Gasteiger partial charge is 0.345 e. The first-order chi connectivity index (χ1) is 34.9. The number of piperazine rings is 1. The van der Waals surface area contributed by atoms with E-state index in [0.29, 0.717) is 126 Å². The number of ether oxygens (including phenoxy) is 7. The molecule has 4 bridgehead atoms. The van der Waals surface area contributed by atoms with Crippen molar-refractivity contribution in [3.05, 3.63) is 124 Å². The van der Waals surface area contributed by atoms with Crippen molar-refractivity contribution in [3.8, 4) is 61.8 Å². The zero-order valence-electron chi connectivity index (χ0n) is 39.7. The predicted octanol–water partition coefficient (Wildman–Crippen LogP) is 9.38. The van der Waals surface area contributed by atoms with Crippen molar-refractivity contribution < 1.29 is 47.4 Å². The normalized spacial score (nSPS) is 18.7. The van der Waals surface area contributed by atoms with E-state index in [-0.39, 0.29) is 31.6 Å². The van der Waals surface area contributed by atoms with Crippen molar-refractivity contribution in [1.82, 2.24) is 29.7 Å². The highest BCUT2D eigenvalue weighted by atomic mass is 35.5. The molecule has 3 aromatic heterocycles. The highest BCUT2D eigenvalue weighted by Gasteiger charge is 2.32. The summed E-state index contributed by atoms with van der Waals surface area (Å²) < 4.78 is 57.9. The third-order valence-corrected chi connectivity index (χ3v) is 14.9. The van der Waals surface area contributed by atoms with Crippen LogP contribution in [0.2, 0.25) is 10.0 Å². The summed E-state index contributed by atoms with van der Waals surface area (Å²) in [5.41, 5.74) is 5.09. The van der Waals surface area contributed by atoms with E-state index in [1.54, 1.807) is 42.6 Å². The van der Waals surface area contributed by atoms with E-state index in [1.165, 1.54) is 29.8 Å². The van der Waals surface area contributed by atoms with Crippen LogP contribution in [0.5, 0.6) is 28.9 Å². The maximum absolute atomic E-state index is 14.4. The van der Waals surface area contributed by atoms with E-state index < -0.39 is 24.0 Å². The molecule has 0 unspecified atom stereocenters. The first-order valence-electron chi connectivity index (χ1n) is 23.6. The van der Waals surface area contributed by atoms with Gasteiger partial charge in [-0.3, -0.25) is 4.90 Å². The van der Waals surface area contributed by atoms with E-state index in [9.17, 15) is 14.3 Å². The van der Waals surface area contributed by atoms with Crippen molar-refractivity contribution >= 4 is 50.7 Å². The summed E-state index contributed by atoms with van der Waals surface area (Å²) in [6.45, 7) is 9.83. The number of likely N-dealkylation sites (N-methyl/N-ethyl adjacent to an activating group) is 1. The summed E-state index contributed by atoms with van der Waals surface area (Å²) in [7, 11) is 2.10. The van der Waals surface area contributed by atoms with Crippen LogP contribution in [0.3, 0.4) is 0 Å². The Balaban J connectivity index is 1.01. The van der Waals surface area contributed by atoms with Crippen molar-refractivity contribution in [1.29, 1.82) is 0 Å². The Hall–Kier alpha value is -6.18. The topological polar surface area (TPSA) is 160 Å². The first-order valence-corrected chi connectivity index (χ1v) is 25.1. The highest BCUT2D eigenvalue weighted by molar-refractivity contribution is 7.22. The number of aromatic nitrogens is 4. The molecule has 72 heavy (non-hydrogen) atoms. The van der Waals surface area contributed by atoms with E-state index in [2.05, 4.69) is 31.8 Å². The average Bonchev–Trinajstić information content (AvgIpc) is 3.78. The molecular formula is C53H51Cl2FN6O9S. The predicted molar refractivity (Wildman–Crippen MR) is 272 cm³/mol. The fourth-order valence-corrected chi connectivity index (χ4v) is 10.7. The van der Waals surface area contributed by atoms with Crippen LogP contribution in [-0.4, -0.2) is 132 Å². The van der Waals surface area contributed by atoms with Crippen LogP contribution in [-0.2, 0) is 27.3 Å². The highest BCUT2D eigenvalue weighted by Crippen LogP contribution is 2.53. The standard InChI is InChI=1S/C53H51Cl2FN6O9S/c1-30-43-31(2)47(55)48(46(30)54)70-39(24-62-18-16-61(3)17-19-62)27-68-38-12-13-41(69-25-36-14-15-57-50(60-36)33-6-10-37(11-7-33)67-28-40-26-65-20-21-66-40)34(22-38)23-42(53(63)64)71-51-45-44(43)49(72-52(45)59-29-58-51)32-4-8-35(56)9-5-32/h4-15,22,29,39-40,42H,16-21,23-28H2,1-3H3,(H,63,64)/t39-,40-,42-/m1/s1. The van der Waals surface area contributed by atoms with Gasteiger partial charge in [-0.25, -0.2) is 29.1 Å². The number of rotatable bonds is 11. The van der Waals surface area contributed by atoms with Crippen molar-refractivity contribution in [2.45, 2.75) is 45.2 Å². The summed E-state index contributed by atoms with van der Waals surface area (Å²) >= 11 is 16.0. The molecule has 7 aromatic rings. The van der Waals surface area contributed by atoms with E-state index in [4.69, 9.17) is 61.3 Å². The van der Waals surface area contributed by atoms with Crippen molar-refractivity contribution in [2.75, 3.05) is 72.8 Å². The molecular weight excluding hydrogens is 987 g/mol.